The van der Waals surface area contributed by atoms with E-state index in [9.17, 15) is 24.0 Å². The van der Waals surface area contributed by atoms with Crippen molar-refractivity contribution in [2.75, 3.05) is 6.54 Å². The van der Waals surface area contributed by atoms with Gasteiger partial charge in [-0.3, -0.25) is 14.4 Å². The zero-order valence-corrected chi connectivity index (χ0v) is 29.3. The second kappa shape index (κ2) is 18.0. The maximum absolute atomic E-state index is 14.5. The predicted molar refractivity (Wildman–Crippen MR) is 185 cm³/mol. The van der Waals surface area contributed by atoms with E-state index in [1.165, 1.54) is 4.90 Å². The normalized spacial score (nSPS) is 13.3. The van der Waals surface area contributed by atoms with E-state index in [2.05, 4.69) is 17.2 Å². The largest absolute Gasteiger partial charge is 0.458 e. The lowest BCUT2D eigenvalue weighted by molar-refractivity contribution is -0.159. The molecule has 0 fully saturated rings. The number of primary amides is 1. The standard InChI is InChI=1S/C37H52N4O7/c1-9-11-22-41(33(44)28(20-21-30(38)42)40-35(46)48-37(6,7)8)31(27-19-15-18-25(10-2)23-27)32(43)39-29(34(45)47-36(3,4)5)24-26-16-13-12-14-17-26/h10,12-19,23,28-29,31H,2,9,11,20-22,24H2,1,3-8H3,(H2,38,42)(H,39,43)(H,40,46). The molecule has 0 aliphatic carbocycles. The summed E-state index contributed by atoms with van der Waals surface area (Å²) in [5.41, 5.74) is 5.71. The van der Waals surface area contributed by atoms with Gasteiger partial charge in [-0.05, 0) is 77.1 Å². The molecule has 48 heavy (non-hydrogen) atoms. The summed E-state index contributed by atoms with van der Waals surface area (Å²) >= 11 is 0. The summed E-state index contributed by atoms with van der Waals surface area (Å²) in [7, 11) is 0. The first-order valence-electron chi connectivity index (χ1n) is 16.3. The third-order valence-corrected chi connectivity index (χ3v) is 7.02. The van der Waals surface area contributed by atoms with Crippen LogP contribution < -0.4 is 16.4 Å². The van der Waals surface area contributed by atoms with E-state index in [1.54, 1.807) is 65.8 Å². The Balaban J connectivity index is 2.66. The fraction of sp³-hybridized carbons (Fsp3) is 0.486. The molecule has 0 aliphatic heterocycles. The number of carbonyl (C=O) groups excluding carboxylic acids is 5. The maximum Gasteiger partial charge on any atom is 0.408 e. The SMILES string of the molecule is C=Cc1cccc(C(C(=O)NC(Cc2ccccc2)C(=O)OC(C)(C)C)N(CCCC)C(=O)C(CCC(N)=O)NC(=O)OC(C)(C)C)c1. The Kier molecular flexibility index (Phi) is 14.8. The average Bonchev–Trinajstić information content (AvgIpc) is 2.99. The Hall–Kier alpha value is -4.67. The van der Waals surface area contributed by atoms with Gasteiger partial charge in [-0.2, -0.15) is 0 Å². The lowest BCUT2D eigenvalue weighted by Gasteiger charge is -2.35. The molecule has 3 unspecified atom stereocenters. The number of nitrogens with one attached hydrogen (secondary N) is 2. The third-order valence-electron chi connectivity index (χ3n) is 7.02. The molecule has 2 rings (SSSR count). The number of carbonyl (C=O) groups is 5. The zero-order chi connectivity index (χ0) is 36.1. The molecule has 4 amide bonds. The first-order chi connectivity index (χ1) is 22.4. The van der Waals surface area contributed by atoms with Gasteiger partial charge in [0.1, 0.15) is 29.3 Å². The first kappa shape index (κ1) is 39.5. The number of nitrogens with zero attached hydrogens (tertiary/aromatic N) is 1. The number of hydrogen-bond donors (Lipinski definition) is 3. The lowest BCUT2D eigenvalue weighted by atomic mass is 9.98. The molecule has 0 saturated heterocycles. The number of hydrogen-bond acceptors (Lipinski definition) is 7. The van der Waals surface area contributed by atoms with Crippen LogP contribution in [0.5, 0.6) is 0 Å². The van der Waals surface area contributed by atoms with E-state index < -0.39 is 59.1 Å². The van der Waals surface area contributed by atoms with Gasteiger partial charge in [-0.15, -0.1) is 0 Å². The summed E-state index contributed by atoms with van der Waals surface area (Å²) in [4.78, 5) is 68.5. The van der Waals surface area contributed by atoms with Crippen molar-refractivity contribution in [3.8, 4) is 0 Å². The molecule has 11 heteroatoms. The highest BCUT2D eigenvalue weighted by atomic mass is 16.6. The Morgan fingerprint density at radius 1 is 0.896 bits per heavy atom. The number of rotatable bonds is 16. The van der Waals surface area contributed by atoms with E-state index in [4.69, 9.17) is 15.2 Å². The summed E-state index contributed by atoms with van der Waals surface area (Å²) < 4.78 is 11.1. The van der Waals surface area contributed by atoms with E-state index in [-0.39, 0.29) is 25.8 Å². The molecule has 0 heterocycles. The van der Waals surface area contributed by atoms with Crippen LogP contribution in [-0.4, -0.2) is 64.5 Å². The Morgan fingerprint density at radius 3 is 2.10 bits per heavy atom. The first-order valence-corrected chi connectivity index (χ1v) is 16.3. The Morgan fingerprint density at radius 2 is 1.54 bits per heavy atom. The molecule has 11 nitrogen and oxygen atoms in total. The van der Waals surface area contributed by atoms with Crippen molar-refractivity contribution < 1.29 is 33.4 Å². The summed E-state index contributed by atoms with van der Waals surface area (Å²) in [6, 6.07) is 12.7. The van der Waals surface area contributed by atoms with E-state index in [1.807, 2.05) is 43.3 Å². The molecule has 0 radical (unpaired) electrons. The highest BCUT2D eigenvalue weighted by Crippen LogP contribution is 2.26. The molecule has 2 aromatic rings. The minimum absolute atomic E-state index is 0.119. The molecule has 0 spiro atoms. The number of alkyl carbamates (subject to hydrolysis) is 1. The minimum Gasteiger partial charge on any atom is -0.458 e. The van der Waals surface area contributed by atoms with Crippen molar-refractivity contribution >= 4 is 35.9 Å². The molecular weight excluding hydrogens is 612 g/mol. The molecule has 3 atom stereocenters. The Bertz CT molecular complexity index is 1410. The fourth-order valence-electron chi connectivity index (χ4n) is 4.88. The molecule has 0 bridgehead atoms. The predicted octanol–water partition coefficient (Wildman–Crippen LogP) is 5.23. The van der Waals surface area contributed by atoms with Gasteiger partial charge < -0.3 is 30.7 Å². The van der Waals surface area contributed by atoms with Gasteiger partial charge in [0, 0.05) is 19.4 Å². The van der Waals surface area contributed by atoms with E-state index >= 15 is 0 Å². The van der Waals surface area contributed by atoms with Crippen LogP contribution in [0.25, 0.3) is 6.08 Å². The second-order valence-electron chi connectivity index (χ2n) is 13.7. The monoisotopic (exact) mass is 664 g/mol. The van der Waals surface area contributed by atoms with Crippen LogP contribution in [0.4, 0.5) is 4.79 Å². The molecule has 262 valence electrons. The van der Waals surface area contributed by atoms with Gasteiger partial charge in [-0.1, -0.05) is 74.5 Å². The van der Waals surface area contributed by atoms with E-state index in [0.29, 0.717) is 24.0 Å². The molecule has 0 aromatic heterocycles. The zero-order valence-electron chi connectivity index (χ0n) is 29.3. The average molecular weight is 665 g/mol. The van der Waals surface area contributed by atoms with Gasteiger partial charge in [-0.25, -0.2) is 9.59 Å². The lowest BCUT2D eigenvalue weighted by Crippen LogP contribution is -2.55. The van der Waals surface area contributed by atoms with E-state index in [0.717, 1.165) is 5.56 Å². The molecule has 2 aromatic carbocycles. The van der Waals surface area contributed by atoms with Crippen molar-refractivity contribution in [1.29, 1.82) is 0 Å². The van der Waals surface area contributed by atoms with Crippen molar-refractivity contribution in [3.63, 3.8) is 0 Å². The van der Waals surface area contributed by atoms with Crippen LogP contribution in [0.1, 0.15) is 96.9 Å². The molecule has 0 saturated carbocycles. The van der Waals surface area contributed by atoms with Crippen LogP contribution in [0.15, 0.2) is 61.2 Å². The third kappa shape index (κ3) is 13.6. The van der Waals surface area contributed by atoms with Crippen molar-refractivity contribution in [3.05, 3.63) is 77.9 Å². The molecular formula is C37H52N4O7. The number of unbranched alkanes of at least 4 members (excludes halogenated alkanes) is 1. The highest BCUT2D eigenvalue weighted by Gasteiger charge is 2.38. The Labute approximate surface area is 284 Å². The maximum atomic E-state index is 14.5. The van der Waals surface area contributed by atoms with Gasteiger partial charge >= 0.3 is 12.1 Å². The summed E-state index contributed by atoms with van der Waals surface area (Å²) in [5.74, 6) is -2.53. The summed E-state index contributed by atoms with van der Waals surface area (Å²) in [5, 5.41) is 5.47. The van der Waals surface area contributed by atoms with Gasteiger partial charge in [0.2, 0.25) is 17.7 Å². The highest BCUT2D eigenvalue weighted by molar-refractivity contribution is 5.94. The number of nitrogens with two attached hydrogens (primary N) is 1. The smallest absolute Gasteiger partial charge is 0.408 e. The van der Waals surface area contributed by atoms with Crippen molar-refractivity contribution in [1.82, 2.24) is 15.5 Å². The molecule has 4 N–H and O–H groups in total. The summed E-state index contributed by atoms with van der Waals surface area (Å²) in [6.07, 6.45) is 1.79. The number of ether oxygens (including phenoxy) is 2. The molecule has 0 aliphatic rings. The van der Waals surface area contributed by atoms with Crippen LogP contribution in [-0.2, 0) is 35.1 Å². The fourth-order valence-corrected chi connectivity index (χ4v) is 4.88. The number of amides is 4. The minimum atomic E-state index is -1.24. The summed E-state index contributed by atoms with van der Waals surface area (Å²) in [6.45, 7) is 16.2. The van der Waals surface area contributed by atoms with Crippen LogP contribution in [0.2, 0.25) is 0 Å². The number of benzene rings is 2. The van der Waals surface area contributed by atoms with Crippen LogP contribution >= 0.6 is 0 Å². The van der Waals surface area contributed by atoms with Crippen molar-refractivity contribution in [2.45, 2.75) is 110 Å². The van der Waals surface area contributed by atoms with Crippen molar-refractivity contribution in [2.24, 2.45) is 5.73 Å². The number of esters is 1. The van der Waals surface area contributed by atoms with Crippen LogP contribution in [0, 0.1) is 0 Å². The van der Waals surface area contributed by atoms with Gasteiger partial charge in [0.15, 0.2) is 0 Å². The van der Waals surface area contributed by atoms with Crippen LogP contribution in [0.3, 0.4) is 0 Å². The van der Waals surface area contributed by atoms with Gasteiger partial charge in [0.25, 0.3) is 0 Å². The second-order valence-corrected chi connectivity index (χ2v) is 13.7. The van der Waals surface area contributed by atoms with Gasteiger partial charge in [0.05, 0.1) is 0 Å². The quantitative estimate of drug-likeness (QED) is 0.208. The topological polar surface area (TPSA) is 157 Å².